The fourth-order valence-electron chi connectivity index (χ4n) is 2.30. The summed E-state index contributed by atoms with van der Waals surface area (Å²) in [6.45, 7) is 1.96. The van der Waals surface area contributed by atoms with Crippen molar-refractivity contribution in [3.8, 4) is 17.2 Å². The number of ether oxygens (including phenoxy) is 1. The minimum atomic E-state index is -4.45. The molecule has 0 bridgehead atoms. The van der Waals surface area contributed by atoms with Crippen molar-refractivity contribution in [2.45, 2.75) is 13.1 Å². The van der Waals surface area contributed by atoms with Crippen LogP contribution in [0.25, 0.3) is 0 Å². The number of nitrogens with zero attached hydrogens (tertiary/aromatic N) is 2. The van der Waals surface area contributed by atoms with Crippen LogP contribution in [0.5, 0.6) is 17.2 Å². The third-order valence-electron chi connectivity index (χ3n) is 3.87. The van der Waals surface area contributed by atoms with E-state index < -0.39 is 11.9 Å². The summed E-state index contributed by atoms with van der Waals surface area (Å²) in [5, 5.41) is 8.73. The van der Waals surface area contributed by atoms with Gasteiger partial charge in [-0.3, -0.25) is 4.98 Å². The van der Waals surface area contributed by atoms with Crippen LogP contribution in [0, 0.1) is 6.92 Å². The molecular weight excluding hydrogens is 513 g/mol. The summed E-state index contributed by atoms with van der Waals surface area (Å²) < 4.78 is 43.2. The lowest BCUT2D eigenvalue weighted by Crippen LogP contribution is -2.07. The summed E-state index contributed by atoms with van der Waals surface area (Å²) in [5.74, 6) is 0.871. The van der Waals surface area contributed by atoms with Gasteiger partial charge in [-0.25, -0.2) is 4.98 Å². The SMILES string of the molecule is Cc1ccc(Br)cn1.Nc1cccc(O)c1.Nc1cccc(Oc2ccc(C(F)(F)F)nc2)c1. The van der Waals surface area contributed by atoms with Crippen molar-refractivity contribution in [3.05, 3.63) is 101 Å². The Kier molecular flexibility index (Phi) is 9.69. The van der Waals surface area contributed by atoms with E-state index in [9.17, 15) is 13.2 Å². The topological polar surface area (TPSA) is 107 Å². The Morgan fingerprint density at radius 1 is 0.824 bits per heavy atom. The van der Waals surface area contributed by atoms with Crippen molar-refractivity contribution in [3.63, 3.8) is 0 Å². The Labute approximate surface area is 203 Å². The molecule has 0 saturated heterocycles. The minimum absolute atomic E-state index is 0.213. The van der Waals surface area contributed by atoms with Crippen LogP contribution in [-0.4, -0.2) is 15.1 Å². The number of hydrogen-bond acceptors (Lipinski definition) is 6. The van der Waals surface area contributed by atoms with Gasteiger partial charge in [0.2, 0.25) is 0 Å². The summed E-state index contributed by atoms with van der Waals surface area (Å²) in [5.41, 5.74) is 12.0. The quantitative estimate of drug-likeness (QED) is 0.250. The van der Waals surface area contributed by atoms with Crippen LogP contribution in [0.2, 0.25) is 0 Å². The molecule has 4 rings (SSSR count). The highest BCUT2D eigenvalue weighted by Crippen LogP contribution is 2.29. The second-order valence-electron chi connectivity index (χ2n) is 6.76. The zero-order chi connectivity index (χ0) is 25.1. The van der Waals surface area contributed by atoms with Gasteiger partial charge in [-0.15, -0.1) is 0 Å². The van der Waals surface area contributed by atoms with Gasteiger partial charge in [0.25, 0.3) is 0 Å². The van der Waals surface area contributed by atoms with Gasteiger partial charge in [-0.05, 0) is 71.4 Å². The molecule has 34 heavy (non-hydrogen) atoms. The van der Waals surface area contributed by atoms with Crippen LogP contribution in [-0.2, 0) is 6.18 Å². The molecule has 5 N–H and O–H groups in total. The first-order valence-electron chi connectivity index (χ1n) is 9.72. The number of hydrogen-bond donors (Lipinski definition) is 3. The van der Waals surface area contributed by atoms with Gasteiger partial charge in [0.15, 0.2) is 0 Å². The minimum Gasteiger partial charge on any atom is -0.508 e. The molecule has 0 aliphatic carbocycles. The molecule has 0 saturated carbocycles. The second-order valence-corrected chi connectivity index (χ2v) is 7.68. The number of aromatic nitrogens is 2. The highest BCUT2D eigenvalue weighted by atomic mass is 79.9. The van der Waals surface area contributed by atoms with Gasteiger partial charge in [-0.2, -0.15) is 13.2 Å². The molecule has 0 spiro atoms. The number of rotatable bonds is 2. The fourth-order valence-corrected chi connectivity index (χ4v) is 2.53. The van der Waals surface area contributed by atoms with Gasteiger partial charge in [0.1, 0.15) is 22.9 Å². The molecule has 4 aromatic rings. The number of aromatic hydroxyl groups is 1. The zero-order valence-corrected chi connectivity index (χ0v) is 19.6. The lowest BCUT2D eigenvalue weighted by molar-refractivity contribution is -0.141. The number of anilines is 2. The third kappa shape index (κ3) is 9.78. The first-order chi connectivity index (χ1) is 16.0. The fraction of sp³-hybridized carbons (Fsp3) is 0.0833. The maximum atomic E-state index is 12.3. The van der Waals surface area contributed by atoms with E-state index in [1.165, 1.54) is 12.1 Å². The van der Waals surface area contributed by atoms with Gasteiger partial charge in [0.05, 0.1) is 6.20 Å². The Bertz CT molecular complexity index is 1130. The summed E-state index contributed by atoms with van der Waals surface area (Å²) in [6, 6.07) is 19.1. The van der Waals surface area contributed by atoms with Gasteiger partial charge >= 0.3 is 6.18 Å². The van der Waals surface area contributed by atoms with E-state index in [0.29, 0.717) is 17.1 Å². The molecule has 0 fully saturated rings. The summed E-state index contributed by atoms with van der Waals surface area (Å²) >= 11 is 3.28. The summed E-state index contributed by atoms with van der Waals surface area (Å²) in [7, 11) is 0. The number of nitrogen functional groups attached to an aromatic ring is 2. The van der Waals surface area contributed by atoms with Crippen LogP contribution in [0.3, 0.4) is 0 Å². The number of nitrogens with two attached hydrogens (primary N) is 2. The normalized spacial score (nSPS) is 10.3. The van der Waals surface area contributed by atoms with Crippen molar-refractivity contribution in [2.75, 3.05) is 11.5 Å². The highest BCUT2D eigenvalue weighted by molar-refractivity contribution is 9.10. The molecule has 0 unspecified atom stereocenters. The van der Waals surface area contributed by atoms with Crippen molar-refractivity contribution >= 4 is 27.3 Å². The zero-order valence-electron chi connectivity index (χ0n) is 18.0. The smallest absolute Gasteiger partial charge is 0.433 e. The molecule has 6 nitrogen and oxygen atoms in total. The average Bonchev–Trinajstić information content (AvgIpc) is 2.76. The molecule has 178 valence electrons. The molecule has 0 aliphatic rings. The van der Waals surface area contributed by atoms with E-state index in [1.54, 1.807) is 48.7 Å². The van der Waals surface area contributed by atoms with E-state index in [0.717, 1.165) is 22.4 Å². The van der Waals surface area contributed by atoms with Gasteiger partial charge in [-0.1, -0.05) is 12.1 Å². The molecule has 0 aliphatic heterocycles. The largest absolute Gasteiger partial charge is 0.508 e. The Hall–Kier alpha value is -3.79. The number of halogens is 4. The Balaban J connectivity index is 0.000000210. The van der Waals surface area contributed by atoms with E-state index in [2.05, 4.69) is 25.9 Å². The van der Waals surface area contributed by atoms with Crippen LogP contribution < -0.4 is 16.2 Å². The summed E-state index contributed by atoms with van der Waals surface area (Å²) in [6.07, 6.45) is -1.64. The number of alkyl halides is 3. The van der Waals surface area contributed by atoms with E-state index in [-0.39, 0.29) is 11.5 Å². The first kappa shape index (κ1) is 26.5. The third-order valence-corrected chi connectivity index (χ3v) is 4.34. The van der Waals surface area contributed by atoms with Crippen LogP contribution in [0.15, 0.2) is 89.7 Å². The molecule has 0 atom stereocenters. The van der Waals surface area contributed by atoms with E-state index >= 15 is 0 Å². The number of phenolic OH excluding ortho intramolecular Hbond substituents is 1. The van der Waals surface area contributed by atoms with E-state index in [4.69, 9.17) is 21.3 Å². The maximum Gasteiger partial charge on any atom is 0.433 e. The average molecular weight is 535 g/mol. The summed E-state index contributed by atoms with van der Waals surface area (Å²) in [4.78, 5) is 7.32. The van der Waals surface area contributed by atoms with Crippen molar-refractivity contribution in [2.24, 2.45) is 0 Å². The van der Waals surface area contributed by atoms with Crippen molar-refractivity contribution < 1.29 is 23.0 Å². The van der Waals surface area contributed by atoms with Gasteiger partial charge < -0.3 is 21.3 Å². The van der Waals surface area contributed by atoms with Crippen LogP contribution in [0.1, 0.15) is 11.4 Å². The monoisotopic (exact) mass is 534 g/mol. The van der Waals surface area contributed by atoms with Gasteiger partial charge in [0, 0.05) is 39.9 Å². The molecular formula is C24H22BrF3N4O2. The molecule has 0 amide bonds. The molecule has 10 heteroatoms. The van der Waals surface area contributed by atoms with Crippen molar-refractivity contribution in [1.29, 1.82) is 0 Å². The predicted molar refractivity (Wildman–Crippen MR) is 129 cm³/mol. The molecule has 2 aromatic heterocycles. The number of aryl methyl sites for hydroxylation is 1. The first-order valence-corrected chi connectivity index (χ1v) is 10.5. The van der Waals surface area contributed by atoms with E-state index in [1.807, 2.05) is 19.1 Å². The van der Waals surface area contributed by atoms with Crippen molar-refractivity contribution in [1.82, 2.24) is 9.97 Å². The Morgan fingerprint density at radius 3 is 1.94 bits per heavy atom. The second kappa shape index (κ2) is 12.4. The van der Waals surface area contributed by atoms with Crippen LogP contribution >= 0.6 is 15.9 Å². The lowest BCUT2D eigenvalue weighted by Gasteiger charge is -2.08. The Morgan fingerprint density at radius 2 is 1.50 bits per heavy atom. The molecule has 0 radical (unpaired) electrons. The number of benzene rings is 2. The standard InChI is InChI=1S/C12H9F3N2O.C6H6BrN.C6H7NO/c13-12(14,15)11-5-4-10(7-17-11)18-9-3-1-2-8(16)6-9;1-5-2-3-6(7)4-8-5;7-5-2-1-3-6(8)4-5/h1-7H,16H2;2-4H,1H3;1-4,8H,7H2. The maximum absolute atomic E-state index is 12.3. The lowest BCUT2D eigenvalue weighted by atomic mass is 10.3. The predicted octanol–water partition coefficient (Wildman–Crippen LogP) is 6.60. The highest BCUT2D eigenvalue weighted by Gasteiger charge is 2.32. The molecule has 2 aromatic carbocycles. The number of phenols is 1. The number of pyridine rings is 2. The molecule has 2 heterocycles. The van der Waals surface area contributed by atoms with Crippen LogP contribution in [0.4, 0.5) is 24.5 Å².